The van der Waals surface area contributed by atoms with Crippen LogP contribution in [0.5, 0.6) is 0 Å². The molecule has 1 aromatic carbocycles. The summed E-state index contributed by atoms with van der Waals surface area (Å²) in [5, 5.41) is 23.0. The molecule has 0 aliphatic rings. The Bertz CT molecular complexity index is 425. The van der Waals surface area contributed by atoms with Gasteiger partial charge in [0.2, 0.25) is 0 Å². The van der Waals surface area contributed by atoms with Gasteiger partial charge in [0.05, 0.1) is 27.6 Å². The van der Waals surface area contributed by atoms with Crippen molar-refractivity contribution in [3.63, 3.8) is 0 Å². The Morgan fingerprint density at radius 2 is 2.18 bits per heavy atom. The van der Waals surface area contributed by atoms with E-state index >= 15 is 0 Å². The van der Waals surface area contributed by atoms with Crippen molar-refractivity contribution in [1.29, 1.82) is 0 Å². The molecule has 0 radical (unpaired) electrons. The van der Waals surface area contributed by atoms with Gasteiger partial charge in [-0.3, -0.25) is 14.3 Å². The number of nitro benzene ring substituents is 1. The number of likely N-dealkylation sites (N-methyl/N-ethyl adjacent to an activating group) is 1. The molecule has 6 nitrogen and oxygen atoms in total. The maximum Gasteiger partial charge on any atom is 0.285 e. The van der Waals surface area contributed by atoms with Crippen LogP contribution in [0, 0.1) is 10.1 Å². The molecule has 2 N–H and O–H groups in total. The summed E-state index contributed by atoms with van der Waals surface area (Å²) in [4.78, 5) is 10.3. The topological polar surface area (TPSA) is 92.5 Å². The lowest BCUT2D eigenvalue weighted by molar-refractivity contribution is -0.387. The number of aliphatic hydroxyl groups is 1. The lowest BCUT2D eigenvalue weighted by atomic mass is 10.3. The van der Waals surface area contributed by atoms with Gasteiger partial charge in [0.1, 0.15) is 4.90 Å². The molecule has 2 unspecified atom stereocenters. The van der Waals surface area contributed by atoms with Crippen LogP contribution in [0.3, 0.4) is 0 Å². The highest BCUT2D eigenvalue weighted by molar-refractivity contribution is 7.85. The Balaban J connectivity index is 2.85. The van der Waals surface area contributed by atoms with Crippen molar-refractivity contribution >= 4 is 16.5 Å². The van der Waals surface area contributed by atoms with Gasteiger partial charge in [-0.2, -0.15) is 0 Å². The molecule has 1 aromatic rings. The van der Waals surface area contributed by atoms with E-state index in [1.54, 1.807) is 13.1 Å². The second-order valence-corrected chi connectivity index (χ2v) is 4.91. The minimum absolute atomic E-state index is 0.0221. The molecule has 0 saturated carbocycles. The van der Waals surface area contributed by atoms with Crippen molar-refractivity contribution < 1.29 is 14.2 Å². The number of nitrogens with one attached hydrogen (secondary N) is 1. The molecule has 0 heterocycles. The van der Waals surface area contributed by atoms with Gasteiger partial charge in [-0.25, -0.2) is 0 Å². The smallest absolute Gasteiger partial charge is 0.285 e. The quantitative estimate of drug-likeness (QED) is 0.565. The minimum Gasteiger partial charge on any atom is -0.391 e. The number of nitro groups is 1. The largest absolute Gasteiger partial charge is 0.391 e. The first-order chi connectivity index (χ1) is 8.06. The van der Waals surface area contributed by atoms with E-state index in [-0.39, 0.29) is 16.3 Å². The lowest BCUT2D eigenvalue weighted by Gasteiger charge is -2.09. The summed E-state index contributed by atoms with van der Waals surface area (Å²) in [5.41, 5.74) is -0.178. The summed E-state index contributed by atoms with van der Waals surface area (Å²) in [5.74, 6) is -0.0221. The van der Waals surface area contributed by atoms with Crippen molar-refractivity contribution in [2.45, 2.75) is 11.0 Å². The Labute approximate surface area is 101 Å². The number of hydrogen-bond acceptors (Lipinski definition) is 5. The standard InChI is InChI=1S/C10H14N2O4S/c1-11-6-8(13)7-17(16)10-5-3-2-4-9(10)12(14)15/h2-5,8,11,13H,6-7H2,1H3. The average Bonchev–Trinajstić information content (AvgIpc) is 2.29. The summed E-state index contributed by atoms with van der Waals surface area (Å²) in [6.45, 7) is 0.298. The highest BCUT2D eigenvalue weighted by Crippen LogP contribution is 2.21. The minimum atomic E-state index is -1.58. The molecule has 0 spiro atoms. The van der Waals surface area contributed by atoms with Crippen LogP contribution in [0.25, 0.3) is 0 Å². The van der Waals surface area contributed by atoms with Gasteiger partial charge in [0.15, 0.2) is 0 Å². The first-order valence-corrected chi connectivity index (χ1v) is 6.32. The van der Waals surface area contributed by atoms with Crippen LogP contribution < -0.4 is 5.32 Å². The monoisotopic (exact) mass is 258 g/mol. The van der Waals surface area contributed by atoms with E-state index in [0.29, 0.717) is 6.54 Å². The molecule has 0 aliphatic heterocycles. The molecule has 2 atom stereocenters. The van der Waals surface area contributed by atoms with Gasteiger partial charge in [-0.15, -0.1) is 0 Å². The van der Waals surface area contributed by atoms with E-state index in [9.17, 15) is 19.4 Å². The molecular formula is C10H14N2O4S. The molecule has 17 heavy (non-hydrogen) atoms. The van der Waals surface area contributed by atoms with Gasteiger partial charge in [-0.05, 0) is 13.1 Å². The van der Waals surface area contributed by atoms with Crippen molar-refractivity contribution in [3.8, 4) is 0 Å². The highest BCUT2D eigenvalue weighted by atomic mass is 32.2. The van der Waals surface area contributed by atoms with Gasteiger partial charge in [-0.1, -0.05) is 12.1 Å². The number of aliphatic hydroxyl groups excluding tert-OH is 1. The third-order valence-electron chi connectivity index (χ3n) is 2.09. The number of benzene rings is 1. The second kappa shape index (κ2) is 6.43. The van der Waals surface area contributed by atoms with Gasteiger partial charge < -0.3 is 10.4 Å². The summed E-state index contributed by atoms with van der Waals surface area (Å²) < 4.78 is 11.9. The zero-order valence-corrected chi connectivity index (χ0v) is 10.1. The number of hydrogen-bond donors (Lipinski definition) is 2. The fourth-order valence-electron chi connectivity index (χ4n) is 1.36. The molecule has 0 aliphatic carbocycles. The molecule has 0 fully saturated rings. The van der Waals surface area contributed by atoms with Gasteiger partial charge in [0, 0.05) is 12.6 Å². The molecule has 0 saturated heterocycles. The summed E-state index contributed by atoms with van der Waals surface area (Å²) in [6, 6.07) is 5.85. The first kappa shape index (κ1) is 13.8. The van der Waals surface area contributed by atoms with E-state index < -0.39 is 21.8 Å². The molecule has 0 aromatic heterocycles. The summed E-state index contributed by atoms with van der Waals surface area (Å²) in [7, 11) is 0.0850. The van der Waals surface area contributed by atoms with Crippen LogP contribution in [0.2, 0.25) is 0 Å². The van der Waals surface area contributed by atoms with E-state index in [0.717, 1.165) is 0 Å². The summed E-state index contributed by atoms with van der Waals surface area (Å²) in [6.07, 6.45) is -0.791. The Morgan fingerprint density at radius 1 is 1.53 bits per heavy atom. The van der Waals surface area contributed by atoms with Crippen molar-refractivity contribution in [2.75, 3.05) is 19.3 Å². The molecular weight excluding hydrogens is 244 g/mol. The lowest BCUT2D eigenvalue weighted by Crippen LogP contribution is -2.28. The van der Waals surface area contributed by atoms with E-state index in [1.807, 2.05) is 0 Å². The van der Waals surface area contributed by atoms with Crippen molar-refractivity contribution in [1.82, 2.24) is 5.32 Å². The summed E-state index contributed by atoms with van der Waals surface area (Å²) >= 11 is 0. The third kappa shape index (κ3) is 3.88. The molecule has 0 amide bonds. The number of rotatable bonds is 6. The van der Waals surface area contributed by atoms with E-state index in [2.05, 4.69) is 5.32 Å². The van der Waals surface area contributed by atoms with E-state index in [4.69, 9.17) is 0 Å². The fourth-order valence-corrected chi connectivity index (χ4v) is 2.61. The number of para-hydroxylation sites is 1. The third-order valence-corrected chi connectivity index (χ3v) is 3.61. The highest BCUT2D eigenvalue weighted by Gasteiger charge is 2.19. The SMILES string of the molecule is CNCC(O)CS(=O)c1ccccc1[N+](=O)[O-]. The molecule has 1 rings (SSSR count). The van der Waals surface area contributed by atoms with Gasteiger partial charge in [0.25, 0.3) is 5.69 Å². The van der Waals surface area contributed by atoms with Crippen molar-refractivity contribution in [2.24, 2.45) is 0 Å². The maximum absolute atomic E-state index is 11.9. The Hall–Kier alpha value is -1.31. The van der Waals surface area contributed by atoms with Crippen LogP contribution in [-0.2, 0) is 10.8 Å². The van der Waals surface area contributed by atoms with Gasteiger partial charge >= 0.3 is 0 Å². The predicted octanol–water partition coefficient (Wildman–Crippen LogP) is 0.283. The first-order valence-electron chi connectivity index (χ1n) is 5.00. The van der Waals surface area contributed by atoms with Crippen LogP contribution >= 0.6 is 0 Å². The predicted molar refractivity (Wildman–Crippen MR) is 64.3 cm³/mol. The van der Waals surface area contributed by atoms with Crippen LogP contribution in [0.4, 0.5) is 5.69 Å². The molecule has 0 bridgehead atoms. The van der Waals surface area contributed by atoms with E-state index in [1.165, 1.54) is 18.2 Å². The molecule has 94 valence electrons. The van der Waals surface area contributed by atoms with Crippen molar-refractivity contribution in [3.05, 3.63) is 34.4 Å². The fraction of sp³-hybridized carbons (Fsp3) is 0.400. The Kier molecular flexibility index (Phi) is 5.20. The zero-order valence-electron chi connectivity index (χ0n) is 9.33. The number of nitrogens with zero attached hydrogens (tertiary/aromatic N) is 1. The van der Waals surface area contributed by atoms with Crippen LogP contribution in [0.1, 0.15) is 0 Å². The maximum atomic E-state index is 11.9. The zero-order chi connectivity index (χ0) is 12.8. The molecule has 7 heteroatoms. The second-order valence-electron chi connectivity index (χ2n) is 3.45. The van der Waals surface area contributed by atoms with Crippen LogP contribution in [0.15, 0.2) is 29.2 Å². The Morgan fingerprint density at radius 3 is 2.76 bits per heavy atom. The average molecular weight is 258 g/mol. The normalized spacial score (nSPS) is 14.2. The van der Waals surface area contributed by atoms with Crippen LogP contribution in [-0.4, -0.2) is 39.7 Å².